The van der Waals surface area contributed by atoms with Crippen molar-refractivity contribution in [2.45, 2.75) is 25.8 Å². The van der Waals surface area contributed by atoms with Gasteiger partial charge < -0.3 is 9.64 Å². The highest BCUT2D eigenvalue weighted by molar-refractivity contribution is 5.88. The van der Waals surface area contributed by atoms with Crippen LogP contribution in [0.25, 0.3) is 11.3 Å². The van der Waals surface area contributed by atoms with Crippen LogP contribution in [-0.2, 0) is 6.54 Å². The smallest absolute Gasteiger partial charge is 0.323 e. The first-order chi connectivity index (χ1) is 15.2. The Morgan fingerprint density at radius 3 is 2.68 bits per heavy atom. The van der Waals surface area contributed by atoms with E-state index >= 15 is 0 Å². The number of likely N-dealkylation sites (tertiary alicyclic amines) is 1. The number of hydrogen-bond donors (Lipinski definition) is 1. The van der Waals surface area contributed by atoms with Gasteiger partial charge in [-0.3, -0.25) is 10.1 Å². The SMILES string of the molecule is O=C(Nc1cc(OCCCn2nc(-c3ccccc3)ccc2=O)ccn1)N1CCCC1. The molecule has 4 rings (SSSR count). The number of aryl methyl sites for hydroxylation is 1. The maximum absolute atomic E-state index is 12.2. The molecule has 2 aromatic heterocycles. The second-order valence-corrected chi connectivity index (χ2v) is 7.35. The van der Waals surface area contributed by atoms with E-state index in [1.807, 2.05) is 30.3 Å². The van der Waals surface area contributed by atoms with Crippen molar-refractivity contribution in [1.82, 2.24) is 19.7 Å². The molecule has 8 heteroatoms. The second kappa shape index (κ2) is 9.88. The minimum absolute atomic E-state index is 0.133. The number of anilines is 1. The van der Waals surface area contributed by atoms with Gasteiger partial charge in [-0.1, -0.05) is 30.3 Å². The zero-order valence-corrected chi connectivity index (χ0v) is 17.2. The molecule has 1 aliphatic heterocycles. The number of rotatable bonds is 7. The van der Waals surface area contributed by atoms with Crippen LogP contribution in [0.15, 0.2) is 65.6 Å². The number of nitrogens with one attached hydrogen (secondary N) is 1. The molecule has 1 fully saturated rings. The third-order valence-electron chi connectivity index (χ3n) is 5.08. The first kappa shape index (κ1) is 20.6. The van der Waals surface area contributed by atoms with Crippen LogP contribution in [-0.4, -0.2) is 45.4 Å². The molecule has 1 aliphatic rings. The summed E-state index contributed by atoms with van der Waals surface area (Å²) < 4.78 is 7.24. The highest BCUT2D eigenvalue weighted by atomic mass is 16.5. The van der Waals surface area contributed by atoms with Gasteiger partial charge in [0, 0.05) is 49.9 Å². The van der Waals surface area contributed by atoms with Crippen LogP contribution in [0.2, 0.25) is 0 Å². The predicted molar refractivity (Wildman–Crippen MR) is 118 cm³/mol. The minimum atomic E-state index is -0.143. The largest absolute Gasteiger partial charge is 0.493 e. The summed E-state index contributed by atoms with van der Waals surface area (Å²) in [5.74, 6) is 1.08. The van der Waals surface area contributed by atoms with Gasteiger partial charge in [-0.25, -0.2) is 14.5 Å². The van der Waals surface area contributed by atoms with Gasteiger partial charge in [-0.05, 0) is 25.0 Å². The van der Waals surface area contributed by atoms with Crippen molar-refractivity contribution in [1.29, 1.82) is 0 Å². The number of benzene rings is 1. The Hall–Kier alpha value is -3.68. The van der Waals surface area contributed by atoms with Gasteiger partial charge in [0.15, 0.2) is 0 Å². The number of aromatic nitrogens is 3. The Kier molecular flexibility index (Phi) is 6.56. The standard InChI is InChI=1S/C23H25N5O3/c29-22-10-9-20(18-7-2-1-3-8-18)26-28(22)15-6-16-31-19-11-12-24-21(17-19)25-23(30)27-13-4-5-14-27/h1-3,7-12,17H,4-6,13-16H2,(H,24,25,30). The summed E-state index contributed by atoms with van der Waals surface area (Å²) in [4.78, 5) is 30.3. The fraction of sp³-hybridized carbons (Fsp3) is 0.304. The maximum Gasteiger partial charge on any atom is 0.323 e. The molecular formula is C23H25N5O3. The van der Waals surface area contributed by atoms with Crippen molar-refractivity contribution in [2.24, 2.45) is 0 Å². The molecule has 8 nitrogen and oxygen atoms in total. The van der Waals surface area contributed by atoms with E-state index in [0.29, 0.717) is 31.1 Å². The van der Waals surface area contributed by atoms with Gasteiger partial charge in [0.05, 0.1) is 12.3 Å². The lowest BCUT2D eigenvalue weighted by Crippen LogP contribution is -2.32. The van der Waals surface area contributed by atoms with E-state index < -0.39 is 0 Å². The Labute approximate surface area is 180 Å². The lowest BCUT2D eigenvalue weighted by molar-refractivity contribution is 0.222. The average molecular weight is 419 g/mol. The molecule has 3 aromatic rings. The van der Waals surface area contributed by atoms with Gasteiger partial charge in [-0.15, -0.1) is 0 Å². The molecule has 0 aliphatic carbocycles. The predicted octanol–water partition coefficient (Wildman–Crippen LogP) is 3.40. The molecule has 0 saturated carbocycles. The van der Waals surface area contributed by atoms with E-state index in [4.69, 9.17) is 4.74 Å². The molecule has 160 valence electrons. The highest BCUT2D eigenvalue weighted by Gasteiger charge is 2.18. The quantitative estimate of drug-likeness (QED) is 0.593. The number of carbonyl (C=O) groups excluding carboxylic acids is 1. The minimum Gasteiger partial charge on any atom is -0.493 e. The van der Waals surface area contributed by atoms with Crippen molar-refractivity contribution < 1.29 is 9.53 Å². The fourth-order valence-electron chi connectivity index (χ4n) is 3.45. The molecule has 0 bridgehead atoms. The average Bonchev–Trinajstić information content (AvgIpc) is 3.34. The summed E-state index contributed by atoms with van der Waals surface area (Å²) in [7, 11) is 0. The normalized spacial score (nSPS) is 13.2. The van der Waals surface area contributed by atoms with Crippen molar-refractivity contribution in [2.75, 3.05) is 25.0 Å². The van der Waals surface area contributed by atoms with Crippen molar-refractivity contribution in [3.05, 3.63) is 71.1 Å². The molecular weight excluding hydrogens is 394 g/mol. The summed E-state index contributed by atoms with van der Waals surface area (Å²) in [6, 6.07) is 16.3. The van der Waals surface area contributed by atoms with Gasteiger partial charge in [0.25, 0.3) is 5.56 Å². The number of carbonyl (C=O) groups is 1. The topological polar surface area (TPSA) is 89.3 Å². The van der Waals surface area contributed by atoms with Gasteiger partial charge in [-0.2, -0.15) is 5.10 Å². The number of hydrogen-bond acceptors (Lipinski definition) is 5. The van der Waals surface area contributed by atoms with E-state index in [1.165, 1.54) is 10.7 Å². The summed E-state index contributed by atoms with van der Waals surface area (Å²) in [6.07, 6.45) is 4.29. The van der Waals surface area contributed by atoms with Crippen LogP contribution in [0.3, 0.4) is 0 Å². The number of pyridine rings is 1. The second-order valence-electron chi connectivity index (χ2n) is 7.35. The molecule has 31 heavy (non-hydrogen) atoms. The van der Waals surface area contributed by atoms with Gasteiger partial charge in [0.1, 0.15) is 11.6 Å². The summed E-state index contributed by atoms with van der Waals surface area (Å²) in [5, 5.41) is 7.27. The molecule has 0 unspecified atom stereocenters. The summed E-state index contributed by atoms with van der Waals surface area (Å²) in [6.45, 7) is 2.41. The number of amides is 2. The molecule has 0 atom stereocenters. The summed E-state index contributed by atoms with van der Waals surface area (Å²) >= 11 is 0. The van der Waals surface area contributed by atoms with E-state index in [-0.39, 0.29) is 11.6 Å². The van der Waals surface area contributed by atoms with Gasteiger partial charge in [0.2, 0.25) is 0 Å². The molecule has 0 radical (unpaired) electrons. The third-order valence-corrected chi connectivity index (χ3v) is 5.08. The van der Waals surface area contributed by atoms with Crippen molar-refractivity contribution in [3.8, 4) is 17.0 Å². The molecule has 1 N–H and O–H groups in total. The molecule has 1 saturated heterocycles. The highest BCUT2D eigenvalue weighted by Crippen LogP contribution is 2.17. The molecule has 3 heterocycles. The fourth-order valence-corrected chi connectivity index (χ4v) is 3.45. The van der Waals surface area contributed by atoms with E-state index in [0.717, 1.165) is 37.2 Å². The molecule has 0 spiro atoms. The number of ether oxygens (including phenoxy) is 1. The van der Waals surface area contributed by atoms with Crippen LogP contribution in [0.4, 0.5) is 10.6 Å². The summed E-state index contributed by atoms with van der Waals surface area (Å²) in [5.41, 5.74) is 1.58. The number of nitrogens with zero attached hydrogens (tertiary/aromatic N) is 4. The van der Waals surface area contributed by atoms with Crippen LogP contribution in [0, 0.1) is 0 Å². The van der Waals surface area contributed by atoms with Gasteiger partial charge >= 0.3 is 6.03 Å². The number of urea groups is 1. The molecule has 1 aromatic carbocycles. The van der Waals surface area contributed by atoms with E-state index in [9.17, 15) is 9.59 Å². The van der Waals surface area contributed by atoms with E-state index in [2.05, 4.69) is 15.4 Å². The maximum atomic E-state index is 12.2. The first-order valence-electron chi connectivity index (χ1n) is 10.5. The van der Waals surface area contributed by atoms with Crippen molar-refractivity contribution in [3.63, 3.8) is 0 Å². The lowest BCUT2D eigenvalue weighted by Gasteiger charge is -2.16. The van der Waals surface area contributed by atoms with Crippen LogP contribution in [0.1, 0.15) is 19.3 Å². The Morgan fingerprint density at radius 1 is 1.06 bits per heavy atom. The zero-order valence-electron chi connectivity index (χ0n) is 17.2. The van der Waals surface area contributed by atoms with Crippen LogP contribution >= 0.6 is 0 Å². The Balaban J connectivity index is 1.30. The monoisotopic (exact) mass is 419 g/mol. The van der Waals surface area contributed by atoms with Crippen LogP contribution < -0.4 is 15.6 Å². The van der Waals surface area contributed by atoms with Crippen LogP contribution in [0.5, 0.6) is 5.75 Å². The molecule has 2 amide bonds. The third kappa shape index (κ3) is 5.48. The zero-order chi connectivity index (χ0) is 21.5. The Bertz CT molecular complexity index is 1080. The first-order valence-corrected chi connectivity index (χ1v) is 10.5. The lowest BCUT2D eigenvalue weighted by atomic mass is 10.1. The van der Waals surface area contributed by atoms with Crippen molar-refractivity contribution >= 4 is 11.8 Å². The van der Waals surface area contributed by atoms with E-state index in [1.54, 1.807) is 29.3 Å². The Morgan fingerprint density at radius 2 is 1.87 bits per heavy atom.